The highest BCUT2D eigenvalue weighted by Gasteiger charge is 2.18. The van der Waals surface area contributed by atoms with E-state index in [0.717, 1.165) is 28.6 Å². The molecule has 0 radical (unpaired) electrons. The number of methoxy groups -OCH3 is 1. The number of rotatable bonds is 5. The van der Waals surface area contributed by atoms with Crippen LogP contribution in [0, 0.1) is 5.92 Å². The fourth-order valence-corrected chi connectivity index (χ4v) is 4.35. The topological polar surface area (TPSA) is 29.5 Å². The van der Waals surface area contributed by atoms with Crippen molar-refractivity contribution in [2.45, 2.75) is 31.8 Å². The molecule has 4 heteroatoms. The Balaban J connectivity index is 1.87. The van der Waals surface area contributed by atoms with Gasteiger partial charge in [0.05, 0.1) is 17.7 Å². The van der Waals surface area contributed by atoms with Crippen molar-refractivity contribution in [3.05, 3.63) is 28.2 Å². The van der Waals surface area contributed by atoms with Crippen molar-refractivity contribution in [1.82, 2.24) is 0 Å². The fraction of sp³-hybridized carbons (Fsp3) is 0.600. The van der Waals surface area contributed by atoms with Gasteiger partial charge < -0.3 is 9.84 Å². The van der Waals surface area contributed by atoms with E-state index in [1.54, 1.807) is 7.11 Å². The Bertz CT molecular complexity index is 405. The standard InChI is InChI=1S/C15H21BrO2S/c1-18-15-3-2-12(10-14(15)16)9-13(17)8-11-4-6-19-7-5-11/h2-3,10-11,13,17H,4-9H2,1H3. The fourth-order valence-electron chi connectivity index (χ4n) is 2.56. The van der Waals surface area contributed by atoms with E-state index < -0.39 is 0 Å². The molecular formula is C15H21BrO2S. The largest absolute Gasteiger partial charge is 0.496 e. The molecule has 1 saturated heterocycles. The Hall–Kier alpha value is -0.190. The lowest BCUT2D eigenvalue weighted by Crippen LogP contribution is -2.19. The molecule has 1 aliphatic rings. The third-order valence-corrected chi connectivity index (χ3v) is 5.30. The highest BCUT2D eigenvalue weighted by Crippen LogP contribution is 2.29. The van der Waals surface area contributed by atoms with Crippen LogP contribution in [0.5, 0.6) is 5.75 Å². The summed E-state index contributed by atoms with van der Waals surface area (Å²) < 4.78 is 6.17. The average Bonchev–Trinajstić information content (AvgIpc) is 2.40. The van der Waals surface area contributed by atoms with Crippen molar-refractivity contribution >= 4 is 27.7 Å². The van der Waals surface area contributed by atoms with Gasteiger partial charge in [-0.25, -0.2) is 0 Å². The number of hydrogen-bond donors (Lipinski definition) is 1. The van der Waals surface area contributed by atoms with E-state index in [0.29, 0.717) is 5.92 Å². The monoisotopic (exact) mass is 344 g/mol. The van der Waals surface area contributed by atoms with Crippen LogP contribution in [-0.2, 0) is 6.42 Å². The molecule has 0 saturated carbocycles. The van der Waals surface area contributed by atoms with Crippen LogP contribution in [0.3, 0.4) is 0 Å². The minimum Gasteiger partial charge on any atom is -0.496 e. The van der Waals surface area contributed by atoms with Crippen LogP contribution in [0.25, 0.3) is 0 Å². The first-order chi connectivity index (χ1) is 9.19. The van der Waals surface area contributed by atoms with E-state index in [9.17, 15) is 5.11 Å². The van der Waals surface area contributed by atoms with Gasteiger partial charge in [-0.1, -0.05) is 6.07 Å². The highest BCUT2D eigenvalue weighted by molar-refractivity contribution is 9.10. The first-order valence-corrected chi connectivity index (χ1v) is 8.72. The Labute approximate surface area is 128 Å². The van der Waals surface area contributed by atoms with Gasteiger partial charge in [-0.2, -0.15) is 11.8 Å². The average molecular weight is 345 g/mol. The van der Waals surface area contributed by atoms with E-state index in [2.05, 4.69) is 15.9 Å². The van der Waals surface area contributed by atoms with E-state index >= 15 is 0 Å². The van der Waals surface area contributed by atoms with Gasteiger partial charge in [-0.15, -0.1) is 0 Å². The summed E-state index contributed by atoms with van der Waals surface area (Å²) in [5.74, 6) is 4.05. The number of aliphatic hydroxyl groups excluding tert-OH is 1. The van der Waals surface area contributed by atoms with Crippen molar-refractivity contribution in [1.29, 1.82) is 0 Å². The SMILES string of the molecule is COc1ccc(CC(O)CC2CCSCC2)cc1Br. The number of ether oxygens (including phenoxy) is 1. The molecule has 0 aromatic heterocycles. The second-order valence-corrected chi connectivity index (χ2v) is 7.20. The van der Waals surface area contributed by atoms with E-state index in [4.69, 9.17) is 4.74 Å². The minimum atomic E-state index is -0.228. The van der Waals surface area contributed by atoms with Crippen molar-refractivity contribution in [3.8, 4) is 5.75 Å². The predicted octanol–water partition coefficient (Wildman–Crippen LogP) is 3.89. The van der Waals surface area contributed by atoms with Crippen LogP contribution in [-0.4, -0.2) is 29.8 Å². The molecule has 1 aliphatic heterocycles. The van der Waals surface area contributed by atoms with Crippen LogP contribution in [0.1, 0.15) is 24.8 Å². The summed E-state index contributed by atoms with van der Waals surface area (Å²) in [6, 6.07) is 6.02. The molecule has 0 amide bonds. The van der Waals surface area contributed by atoms with Gasteiger partial charge in [0.15, 0.2) is 0 Å². The minimum absolute atomic E-state index is 0.228. The first kappa shape index (κ1) is 15.2. The Morgan fingerprint density at radius 3 is 2.79 bits per heavy atom. The number of benzene rings is 1. The molecule has 0 bridgehead atoms. The molecule has 0 spiro atoms. The molecule has 106 valence electrons. The molecule has 2 nitrogen and oxygen atoms in total. The molecule has 19 heavy (non-hydrogen) atoms. The molecule has 0 aliphatic carbocycles. The zero-order valence-electron chi connectivity index (χ0n) is 11.3. The Morgan fingerprint density at radius 1 is 1.42 bits per heavy atom. The zero-order valence-corrected chi connectivity index (χ0v) is 13.7. The smallest absolute Gasteiger partial charge is 0.133 e. The lowest BCUT2D eigenvalue weighted by molar-refractivity contribution is 0.139. The van der Waals surface area contributed by atoms with Crippen molar-refractivity contribution in [3.63, 3.8) is 0 Å². The summed E-state index contributed by atoms with van der Waals surface area (Å²) in [6.45, 7) is 0. The summed E-state index contributed by atoms with van der Waals surface area (Å²) in [6.07, 6.45) is 3.95. The molecule has 1 aromatic carbocycles. The second kappa shape index (κ2) is 7.55. The number of hydrogen-bond acceptors (Lipinski definition) is 3. The zero-order chi connectivity index (χ0) is 13.7. The summed E-state index contributed by atoms with van der Waals surface area (Å²) >= 11 is 5.52. The van der Waals surface area contributed by atoms with Crippen molar-refractivity contribution in [2.24, 2.45) is 5.92 Å². The summed E-state index contributed by atoms with van der Waals surface area (Å²) in [5.41, 5.74) is 1.16. The van der Waals surface area contributed by atoms with Crippen LogP contribution >= 0.6 is 27.7 Å². The van der Waals surface area contributed by atoms with Crippen molar-refractivity contribution < 1.29 is 9.84 Å². The van der Waals surface area contributed by atoms with Gasteiger partial charge >= 0.3 is 0 Å². The third-order valence-electron chi connectivity index (χ3n) is 3.63. The number of halogens is 1. The number of thioether (sulfide) groups is 1. The molecule has 1 fully saturated rings. The van der Waals surface area contributed by atoms with Gasteiger partial charge in [0.25, 0.3) is 0 Å². The second-order valence-electron chi connectivity index (χ2n) is 5.12. The molecule has 1 N–H and O–H groups in total. The quantitative estimate of drug-likeness (QED) is 0.878. The Morgan fingerprint density at radius 2 is 2.16 bits per heavy atom. The first-order valence-electron chi connectivity index (χ1n) is 6.77. The Kier molecular flexibility index (Phi) is 6.05. The van der Waals surface area contributed by atoms with Crippen LogP contribution < -0.4 is 4.74 Å². The molecule has 1 unspecified atom stereocenters. The molecule has 1 atom stereocenters. The maximum absolute atomic E-state index is 10.2. The van der Waals surface area contributed by atoms with Gasteiger partial charge in [-0.3, -0.25) is 0 Å². The van der Waals surface area contributed by atoms with Crippen LogP contribution in [0.2, 0.25) is 0 Å². The summed E-state index contributed by atoms with van der Waals surface area (Å²) in [4.78, 5) is 0. The van der Waals surface area contributed by atoms with Crippen molar-refractivity contribution in [2.75, 3.05) is 18.6 Å². The summed E-state index contributed by atoms with van der Waals surface area (Å²) in [7, 11) is 1.66. The van der Waals surface area contributed by atoms with E-state index in [-0.39, 0.29) is 6.10 Å². The van der Waals surface area contributed by atoms with Gasteiger partial charge in [0.2, 0.25) is 0 Å². The number of aliphatic hydroxyl groups is 1. The van der Waals surface area contributed by atoms with Crippen LogP contribution in [0.4, 0.5) is 0 Å². The van der Waals surface area contributed by atoms with Gasteiger partial charge in [0, 0.05) is 0 Å². The van der Waals surface area contributed by atoms with Crippen LogP contribution in [0.15, 0.2) is 22.7 Å². The normalized spacial score (nSPS) is 18.3. The lowest BCUT2D eigenvalue weighted by Gasteiger charge is -2.23. The maximum atomic E-state index is 10.2. The predicted molar refractivity (Wildman–Crippen MR) is 85.1 cm³/mol. The molecule has 1 heterocycles. The molecular weight excluding hydrogens is 324 g/mol. The van der Waals surface area contributed by atoms with Gasteiger partial charge in [0.1, 0.15) is 5.75 Å². The van der Waals surface area contributed by atoms with E-state index in [1.165, 1.54) is 24.3 Å². The third kappa shape index (κ3) is 4.69. The van der Waals surface area contributed by atoms with E-state index in [1.807, 2.05) is 30.0 Å². The molecule has 1 aromatic rings. The van der Waals surface area contributed by atoms with Gasteiger partial charge in [-0.05, 0) is 76.7 Å². The highest BCUT2D eigenvalue weighted by atomic mass is 79.9. The molecule has 2 rings (SSSR count). The maximum Gasteiger partial charge on any atom is 0.133 e. The summed E-state index contributed by atoms with van der Waals surface area (Å²) in [5, 5.41) is 10.2. The lowest BCUT2D eigenvalue weighted by atomic mass is 9.93.